The SMILES string of the molecule is Cc1ccc2c(c1)oc(=O)n2C1CCN(CCCCN2C(=O)c3cc(S(C)(=O)=O)ccc3S2(=O)=O)CC1. The van der Waals surface area contributed by atoms with Crippen LogP contribution in [-0.2, 0) is 19.9 Å². The van der Waals surface area contributed by atoms with Crippen molar-refractivity contribution < 1.29 is 26.0 Å². The van der Waals surface area contributed by atoms with Crippen LogP contribution in [0.3, 0.4) is 0 Å². The third-order valence-corrected chi connectivity index (χ3v) is 10.1. The number of piperidine rings is 1. The molecule has 0 saturated carbocycles. The number of carbonyl (C=O) groups is 1. The van der Waals surface area contributed by atoms with Crippen LogP contribution >= 0.6 is 0 Å². The van der Waals surface area contributed by atoms with Crippen molar-refractivity contribution in [1.29, 1.82) is 0 Å². The molecule has 2 aliphatic rings. The number of unbranched alkanes of at least 4 members (excludes halogenated alkanes) is 1. The highest BCUT2D eigenvalue weighted by Gasteiger charge is 2.41. The molecular formula is C25H29N3O7S2. The predicted octanol–water partition coefficient (Wildman–Crippen LogP) is 2.57. The van der Waals surface area contributed by atoms with E-state index in [-0.39, 0.29) is 33.7 Å². The quantitative estimate of drug-likeness (QED) is 0.413. The first-order valence-corrected chi connectivity index (χ1v) is 15.6. The molecule has 2 aliphatic heterocycles. The summed E-state index contributed by atoms with van der Waals surface area (Å²) in [6.07, 6.45) is 3.81. The number of benzene rings is 2. The third-order valence-electron chi connectivity index (χ3n) is 7.18. The lowest BCUT2D eigenvalue weighted by Gasteiger charge is -2.32. The molecule has 1 saturated heterocycles. The number of sulfonamides is 1. The Balaban J connectivity index is 1.15. The van der Waals surface area contributed by atoms with Gasteiger partial charge in [0.2, 0.25) is 0 Å². The van der Waals surface area contributed by atoms with Crippen molar-refractivity contribution in [3.63, 3.8) is 0 Å². The van der Waals surface area contributed by atoms with E-state index in [1.807, 2.05) is 25.1 Å². The van der Waals surface area contributed by atoms with Crippen LogP contribution in [0.4, 0.5) is 0 Å². The van der Waals surface area contributed by atoms with Crippen LogP contribution in [-0.4, -0.2) is 68.9 Å². The van der Waals surface area contributed by atoms with Gasteiger partial charge in [-0.1, -0.05) is 6.07 Å². The Morgan fingerprint density at radius 2 is 1.70 bits per heavy atom. The number of carbonyl (C=O) groups excluding carboxylic acids is 1. The van der Waals surface area contributed by atoms with Crippen molar-refractivity contribution in [3.8, 4) is 0 Å². The standard InChI is InChI=1S/C25H29N3O7S2/c1-17-5-7-21-22(15-17)35-25(30)28(21)18-9-13-26(14-10-18)11-3-4-12-27-24(29)20-16-19(36(2,31)32)6-8-23(20)37(27,33)34/h5-8,15-16,18H,3-4,9-14H2,1-2H3. The first-order chi connectivity index (χ1) is 17.5. The lowest BCUT2D eigenvalue weighted by molar-refractivity contribution is 0.0867. The van der Waals surface area contributed by atoms with Crippen molar-refractivity contribution in [1.82, 2.24) is 13.8 Å². The number of aryl methyl sites for hydroxylation is 1. The van der Waals surface area contributed by atoms with E-state index in [1.54, 1.807) is 4.57 Å². The average Bonchev–Trinajstić information content (AvgIpc) is 3.26. The van der Waals surface area contributed by atoms with Crippen molar-refractivity contribution in [2.24, 2.45) is 0 Å². The van der Waals surface area contributed by atoms with Crippen LogP contribution in [0, 0.1) is 6.92 Å². The summed E-state index contributed by atoms with van der Waals surface area (Å²) in [5, 5.41) is 0. The van der Waals surface area contributed by atoms with Crippen LogP contribution in [0.1, 0.15) is 47.6 Å². The number of nitrogens with zero attached hydrogens (tertiary/aromatic N) is 3. The first-order valence-electron chi connectivity index (χ1n) is 12.2. The Morgan fingerprint density at radius 3 is 2.41 bits per heavy atom. The molecule has 0 bridgehead atoms. The van der Waals surface area contributed by atoms with Gasteiger partial charge in [0, 0.05) is 31.9 Å². The number of rotatable bonds is 7. The summed E-state index contributed by atoms with van der Waals surface area (Å²) in [5.74, 6) is -1.02. The van der Waals surface area contributed by atoms with Gasteiger partial charge >= 0.3 is 5.76 Å². The van der Waals surface area contributed by atoms with E-state index >= 15 is 0 Å². The molecule has 0 N–H and O–H groups in total. The third kappa shape index (κ3) is 4.73. The van der Waals surface area contributed by atoms with Crippen LogP contribution in [0.15, 0.2) is 55.4 Å². The lowest BCUT2D eigenvalue weighted by atomic mass is 10.0. The highest BCUT2D eigenvalue weighted by Crippen LogP contribution is 2.32. The molecule has 198 valence electrons. The van der Waals surface area contributed by atoms with E-state index < -0.39 is 25.8 Å². The summed E-state index contributed by atoms with van der Waals surface area (Å²) in [6.45, 7) is 4.35. The molecule has 12 heteroatoms. The Labute approximate surface area is 215 Å². The molecule has 0 radical (unpaired) electrons. The fourth-order valence-electron chi connectivity index (χ4n) is 5.20. The maximum atomic E-state index is 12.8. The molecule has 5 rings (SSSR count). The normalized spacial score (nSPS) is 18.5. The molecule has 0 unspecified atom stereocenters. The van der Waals surface area contributed by atoms with Crippen LogP contribution in [0.25, 0.3) is 11.1 Å². The first kappa shape index (κ1) is 25.7. The van der Waals surface area contributed by atoms with Gasteiger partial charge in [-0.15, -0.1) is 0 Å². The molecule has 1 fully saturated rings. The summed E-state index contributed by atoms with van der Waals surface area (Å²) >= 11 is 0. The van der Waals surface area contributed by atoms with E-state index in [2.05, 4.69) is 4.90 Å². The van der Waals surface area contributed by atoms with E-state index in [1.165, 1.54) is 12.1 Å². The highest BCUT2D eigenvalue weighted by atomic mass is 32.2. The minimum Gasteiger partial charge on any atom is -0.408 e. The van der Waals surface area contributed by atoms with Gasteiger partial charge in [0.25, 0.3) is 15.9 Å². The van der Waals surface area contributed by atoms with Gasteiger partial charge in [0.05, 0.1) is 16.0 Å². The Kier molecular flexibility index (Phi) is 6.53. The highest BCUT2D eigenvalue weighted by molar-refractivity contribution is 7.91. The second-order valence-electron chi connectivity index (χ2n) is 9.80. The zero-order valence-corrected chi connectivity index (χ0v) is 22.3. The maximum absolute atomic E-state index is 12.8. The van der Waals surface area contributed by atoms with Gasteiger partial charge in [0.1, 0.15) is 4.90 Å². The number of hydrogen-bond acceptors (Lipinski definition) is 8. The number of fused-ring (bicyclic) bond motifs is 2. The number of amides is 1. The van der Waals surface area contributed by atoms with Crippen LogP contribution in [0.5, 0.6) is 0 Å². The summed E-state index contributed by atoms with van der Waals surface area (Å²) in [6, 6.07) is 9.39. The van der Waals surface area contributed by atoms with Gasteiger partial charge in [-0.25, -0.2) is 25.9 Å². The molecule has 0 aliphatic carbocycles. The summed E-state index contributed by atoms with van der Waals surface area (Å²) < 4.78 is 57.4. The minimum atomic E-state index is -3.99. The van der Waals surface area contributed by atoms with Gasteiger partial charge in [0.15, 0.2) is 15.4 Å². The molecule has 1 amide bonds. The predicted molar refractivity (Wildman–Crippen MR) is 137 cm³/mol. The molecule has 0 atom stereocenters. The zero-order chi connectivity index (χ0) is 26.5. The largest absolute Gasteiger partial charge is 0.420 e. The van der Waals surface area contributed by atoms with Crippen molar-refractivity contribution >= 4 is 36.9 Å². The fourth-order valence-corrected chi connectivity index (χ4v) is 7.43. The number of sulfone groups is 1. The molecule has 3 aromatic rings. The van der Waals surface area contributed by atoms with E-state index in [0.29, 0.717) is 18.4 Å². The van der Waals surface area contributed by atoms with Crippen LogP contribution in [0.2, 0.25) is 0 Å². The lowest BCUT2D eigenvalue weighted by Crippen LogP contribution is -2.37. The van der Waals surface area contributed by atoms with Crippen molar-refractivity contribution in [2.75, 3.05) is 32.4 Å². The smallest absolute Gasteiger partial charge is 0.408 e. The molecule has 3 heterocycles. The Morgan fingerprint density at radius 1 is 1.00 bits per heavy atom. The molecule has 10 nitrogen and oxygen atoms in total. The van der Waals surface area contributed by atoms with Gasteiger partial charge in [-0.05, 0) is 75.0 Å². The van der Waals surface area contributed by atoms with E-state index in [4.69, 9.17) is 4.42 Å². The average molecular weight is 548 g/mol. The van der Waals surface area contributed by atoms with E-state index in [0.717, 1.165) is 60.2 Å². The van der Waals surface area contributed by atoms with Crippen molar-refractivity contribution in [2.45, 2.75) is 48.4 Å². The molecule has 1 aromatic heterocycles. The second-order valence-corrected chi connectivity index (χ2v) is 13.6. The maximum Gasteiger partial charge on any atom is 0.420 e. The number of aromatic nitrogens is 1. The number of hydrogen-bond donors (Lipinski definition) is 0. The van der Waals surface area contributed by atoms with Gasteiger partial charge in [-0.2, -0.15) is 0 Å². The summed E-state index contributed by atoms with van der Waals surface area (Å²) in [5.41, 5.74) is 2.36. The molecule has 37 heavy (non-hydrogen) atoms. The minimum absolute atomic E-state index is 0.0380. The Bertz CT molecular complexity index is 1650. The zero-order valence-electron chi connectivity index (χ0n) is 20.7. The Hall–Kier alpha value is -2.96. The van der Waals surface area contributed by atoms with Gasteiger partial charge < -0.3 is 9.32 Å². The second kappa shape index (κ2) is 9.41. The fraction of sp³-hybridized carbons (Fsp3) is 0.440. The van der Waals surface area contributed by atoms with Crippen molar-refractivity contribution in [3.05, 3.63) is 58.1 Å². The number of oxazole rings is 1. The monoisotopic (exact) mass is 547 g/mol. The van der Waals surface area contributed by atoms with Crippen LogP contribution < -0.4 is 5.76 Å². The summed E-state index contributed by atoms with van der Waals surface area (Å²) in [7, 11) is -7.55. The topological polar surface area (TPSA) is 127 Å². The molecule has 0 spiro atoms. The van der Waals surface area contributed by atoms with E-state index in [9.17, 15) is 26.4 Å². The van der Waals surface area contributed by atoms with Gasteiger partial charge in [-0.3, -0.25) is 9.36 Å². The number of likely N-dealkylation sites (tertiary alicyclic amines) is 1. The molecule has 2 aromatic carbocycles. The summed E-state index contributed by atoms with van der Waals surface area (Å²) in [4.78, 5) is 27.3. The molecular weight excluding hydrogens is 518 g/mol.